The molecule has 1 atom stereocenters. The Labute approximate surface area is 97.9 Å². The fourth-order valence-electron chi connectivity index (χ4n) is 1.33. The van der Waals surface area contributed by atoms with Crippen molar-refractivity contribution in [2.45, 2.75) is 19.9 Å². The molecule has 0 radical (unpaired) electrons. The minimum Gasteiger partial charge on any atom is -0.496 e. The zero-order chi connectivity index (χ0) is 11.4. The smallest absolute Gasteiger partial charge is 0.217 e. The molecule has 1 N–H and O–H groups in total. The van der Waals surface area contributed by atoms with Crippen molar-refractivity contribution >= 4 is 21.8 Å². The van der Waals surface area contributed by atoms with Gasteiger partial charge in [0, 0.05) is 6.92 Å². The highest BCUT2D eigenvalue weighted by Crippen LogP contribution is 2.27. The lowest BCUT2D eigenvalue weighted by Gasteiger charge is -2.14. The molecule has 0 saturated carbocycles. The fraction of sp³-hybridized carbons (Fsp3) is 0.364. The second kappa shape index (κ2) is 5.16. The van der Waals surface area contributed by atoms with Gasteiger partial charge in [0.1, 0.15) is 5.75 Å². The van der Waals surface area contributed by atoms with Gasteiger partial charge in [0.05, 0.1) is 17.6 Å². The van der Waals surface area contributed by atoms with Gasteiger partial charge in [-0.25, -0.2) is 0 Å². The minimum atomic E-state index is -0.0376. The van der Waals surface area contributed by atoms with E-state index in [2.05, 4.69) is 21.2 Å². The van der Waals surface area contributed by atoms with Crippen LogP contribution in [0.2, 0.25) is 0 Å². The summed E-state index contributed by atoms with van der Waals surface area (Å²) in [6.45, 7) is 3.44. The van der Waals surface area contributed by atoms with Crippen LogP contribution >= 0.6 is 15.9 Å². The maximum Gasteiger partial charge on any atom is 0.217 e. The summed E-state index contributed by atoms with van der Waals surface area (Å²) in [6.07, 6.45) is 0. The summed E-state index contributed by atoms with van der Waals surface area (Å²) in [4.78, 5) is 10.9. The van der Waals surface area contributed by atoms with Crippen LogP contribution in [0.3, 0.4) is 0 Å². The third kappa shape index (κ3) is 3.23. The van der Waals surface area contributed by atoms with Crippen molar-refractivity contribution in [1.82, 2.24) is 5.32 Å². The monoisotopic (exact) mass is 271 g/mol. The third-order valence-corrected chi connectivity index (χ3v) is 2.75. The quantitative estimate of drug-likeness (QED) is 0.918. The van der Waals surface area contributed by atoms with Crippen LogP contribution in [0.25, 0.3) is 0 Å². The van der Waals surface area contributed by atoms with Crippen LogP contribution in [0.1, 0.15) is 25.5 Å². The highest BCUT2D eigenvalue weighted by Gasteiger charge is 2.09. The Morgan fingerprint density at radius 2 is 2.20 bits per heavy atom. The number of amides is 1. The van der Waals surface area contributed by atoms with E-state index in [0.717, 1.165) is 15.8 Å². The number of rotatable bonds is 3. The maximum atomic E-state index is 10.9. The Morgan fingerprint density at radius 3 is 2.73 bits per heavy atom. The van der Waals surface area contributed by atoms with Crippen LogP contribution in [0.4, 0.5) is 0 Å². The average molecular weight is 272 g/mol. The Morgan fingerprint density at radius 1 is 1.53 bits per heavy atom. The summed E-state index contributed by atoms with van der Waals surface area (Å²) >= 11 is 3.38. The van der Waals surface area contributed by atoms with Gasteiger partial charge >= 0.3 is 0 Å². The molecule has 4 heteroatoms. The Bertz CT molecular complexity index is 366. The van der Waals surface area contributed by atoms with Crippen molar-refractivity contribution in [3.63, 3.8) is 0 Å². The van der Waals surface area contributed by atoms with Gasteiger partial charge in [-0.3, -0.25) is 4.79 Å². The van der Waals surface area contributed by atoms with Crippen molar-refractivity contribution in [3.05, 3.63) is 28.2 Å². The molecule has 0 spiro atoms. The van der Waals surface area contributed by atoms with Gasteiger partial charge in [-0.15, -0.1) is 0 Å². The Balaban J connectivity index is 2.90. The molecular formula is C11H14BrNO2. The van der Waals surface area contributed by atoms with E-state index in [1.807, 2.05) is 25.1 Å². The van der Waals surface area contributed by atoms with E-state index in [4.69, 9.17) is 4.74 Å². The second-order valence-electron chi connectivity index (χ2n) is 3.32. The van der Waals surface area contributed by atoms with Crippen molar-refractivity contribution in [2.24, 2.45) is 0 Å². The standard InChI is InChI=1S/C11H14BrNO2/c1-7(13-8(2)14)9-4-5-10(12)11(6-9)15-3/h4-7H,1-3H3,(H,13,14). The summed E-state index contributed by atoms with van der Waals surface area (Å²) in [5.41, 5.74) is 1.02. The van der Waals surface area contributed by atoms with Crippen LogP contribution < -0.4 is 10.1 Å². The van der Waals surface area contributed by atoms with E-state index in [-0.39, 0.29) is 11.9 Å². The van der Waals surface area contributed by atoms with Crippen LogP contribution in [0.15, 0.2) is 22.7 Å². The lowest BCUT2D eigenvalue weighted by molar-refractivity contribution is -0.119. The Hall–Kier alpha value is -1.03. The second-order valence-corrected chi connectivity index (χ2v) is 4.17. The Kier molecular flexibility index (Phi) is 4.15. The largest absolute Gasteiger partial charge is 0.496 e. The first-order valence-electron chi connectivity index (χ1n) is 4.65. The number of ether oxygens (including phenoxy) is 1. The molecule has 0 heterocycles. The van der Waals surface area contributed by atoms with Gasteiger partial charge in [-0.1, -0.05) is 6.07 Å². The molecule has 15 heavy (non-hydrogen) atoms. The van der Waals surface area contributed by atoms with E-state index >= 15 is 0 Å². The van der Waals surface area contributed by atoms with Gasteiger partial charge in [0.25, 0.3) is 0 Å². The van der Waals surface area contributed by atoms with Gasteiger partial charge < -0.3 is 10.1 Å². The highest BCUT2D eigenvalue weighted by molar-refractivity contribution is 9.10. The maximum absolute atomic E-state index is 10.9. The van der Waals surface area contributed by atoms with Crippen LogP contribution in [-0.4, -0.2) is 13.0 Å². The fourth-order valence-corrected chi connectivity index (χ4v) is 1.74. The molecule has 0 aliphatic rings. The van der Waals surface area contributed by atoms with Crippen LogP contribution in [0, 0.1) is 0 Å². The number of hydrogen-bond acceptors (Lipinski definition) is 2. The van der Waals surface area contributed by atoms with E-state index in [0.29, 0.717) is 0 Å². The third-order valence-electron chi connectivity index (χ3n) is 2.09. The summed E-state index contributed by atoms with van der Waals surface area (Å²) < 4.78 is 6.09. The molecule has 0 saturated heterocycles. The number of carbonyl (C=O) groups is 1. The normalized spacial score (nSPS) is 12.0. The summed E-state index contributed by atoms with van der Waals surface area (Å²) in [5, 5.41) is 2.82. The molecule has 0 bridgehead atoms. The van der Waals surface area contributed by atoms with Gasteiger partial charge in [-0.05, 0) is 40.5 Å². The van der Waals surface area contributed by atoms with E-state index in [9.17, 15) is 4.79 Å². The number of carbonyl (C=O) groups excluding carboxylic acids is 1. The molecule has 1 unspecified atom stereocenters. The molecule has 1 amide bonds. The van der Waals surface area contributed by atoms with Gasteiger partial charge in [0.2, 0.25) is 5.91 Å². The van der Waals surface area contributed by atoms with Crippen LogP contribution in [-0.2, 0) is 4.79 Å². The molecule has 0 aromatic heterocycles. The van der Waals surface area contributed by atoms with Crippen molar-refractivity contribution in [1.29, 1.82) is 0 Å². The average Bonchev–Trinajstić information content (AvgIpc) is 2.17. The zero-order valence-electron chi connectivity index (χ0n) is 9.00. The molecule has 1 rings (SSSR count). The van der Waals surface area contributed by atoms with E-state index < -0.39 is 0 Å². The summed E-state index contributed by atoms with van der Waals surface area (Å²) in [5.74, 6) is 0.731. The van der Waals surface area contributed by atoms with Crippen molar-refractivity contribution in [2.75, 3.05) is 7.11 Å². The number of methoxy groups -OCH3 is 1. The first kappa shape index (κ1) is 12.0. The van der Waals surface area contributed by atoms with Gasteiger partial charge in [0.15, 0.2) is 0 Å². The van der Waals surface area contributed by atoms with Crippen molar-refractivity contribution < 1.29 is 9.53 Å². The minimum absolute atomic E-state index is 0.00972. The molecule has 0 aliphatic carbocycles. The van der Waals surface area contributed by atoms with E-state index in [1.165, 1.54) is 6.92 Å². The predicted octanol–water partition coefficient (Wildman–Crippen LogP) is 2.65. The molecule has 0 aliphatic heterocycles. The summed E-state index contributed by atoms with van der Waals surface area (Å²) in [7, 11) is 1.62. The molecule has 0 fully saturated rings. The molecule has 3 nitrogen and oxygen atoms in total. The van der Waals surface area contributed by atoms with Crippen molar-refractivity contribution in [3.8, 4) is 5.75 Å². The number of hydrogen-bond donors (Lipinski definition) is 1. The molecule has 82 valence electrons. The topological polar surface area (TPSA) is 38.3 Å². The van der Waals surface area contributed by atoms with Gasteiger partial charge in [-0.2, -0.15) is 0 Å². The number of benzene rings is 1. The van der Waals surface area contributed by atoms with E-state index in [1.54, 1.807) is 7.11 Å². The lowest BCUT2D eigenvalue weighted by Crippen LogP contribution is -2.23. The van der Waals surface area contributed by atoms with Crippen LogP contribution in [0.5, 0.6) is 5.75 Å². The first-order valence-corrected chi connectivity index (χ1v) is 5.44. The highest BCUT2D eigenvalue weighted by atomic mass is 79.9. The molecular weight excluding hydrogens is 258 g/mol. The number of halogens is 1. The zero-order valence-corrected chi connectivity index (χ0v) is 10.6. The summed E-state index contributed by atoms with van der Waals surface area (Å²) in [6, 6.07) is 5.76. The SMILES string of the molecule is COc1cc(C(C)NC(C)=O)ccc1Br. The molecule has 1 aromatic carbocycles. The number of nitrogens with one attached hydrogen (secondary N) is 1. The lowest BCUT2D eigenvalue weighted by atomic mass is 10.1. The predicted molar refractivity (Wildman–Crippen MR) is 62.9 cm³/mol. The molecule has 1 aromatic rings. The first-order chi connectivity index (χ1) is 7.04.